The number of nitrogens with one attached hydrogen (secondary N) is 1. The van der Waals surface area contributed by atoms with Gasteiger partial charge >= 0.3 is 0 Å². The van der Waals surface area contributed by atoms with Crippen LogP contribution >= 0.6 is 11.6 Å². The molecule has 3 rings (SSSR count). The van der Waals surface area contributed by atoms with Crippen molar-refractivity contribution in [2.45, 2.75) is 30.8 Å². The average Bonchev–Trinajstić information content (AvgIpc) is 2.93. The minimum absolute atomic E-state index is 0.152. The van der Waals surface area contributed by atoms with Crippen LogP contribution in [0.5, 0.6) is 0 Å². The molecule has 0 radical (unpaired) electrons. The highest BCUT2D eigenvalue weighted by Gasteiger charge is 2.33. The Kier molecular flexibility index (Phi) is 4.15. The van der Waals surface area contributed by atoms with E-state index < -0.39 is 16.1 Å². The Balaban J connectivity index is 1.93. The molecule has 0 aromatic carbocycles. The molecule has 120 valence electrons. The second-order valence-electron chi connectivity index (χ2n) is 5.65. The first-order valence-corrected chi connectivity index (χ1v) is 9.03. The number of aromatic amines is 1. The predicted octanol–water partition coefficient (Wildman–Crippen LogP) is 2.00. The van der Waals surface area contributed by atoms with Crippen molar-refractivity contribution in [3.63, 3.8) is 0 Å². The van der Waals surface area contributed by atoms with Gasteiger partial charge in [0.05, 0.1) is 16.5 Å². The number of pyridine rings is 1. The van der Waals surface area contributed by atoms with Gasteiger partial charge < -0.3 is 10.1 Å². The third-order valence-corrected chi connectivity index (χ3v) is 6.52. The summed E-state index contributed by atoms with van der Waals surface area (Å²) in [4.78, 5) is 7.12. The van der Waals surface area contributed by atoms with E-state index in [1.807, 2.05) is 0 Å². The number of hydrogen-bond acceptors (Lipinski definition) is 4. The van der Waals surface area contributed by atoms with E-state index in [9.17, 15) is 13.5 Å². The number of nitrogens with zero attached hydrogens (tertiary/aromatic N) is 2. The highest BCUT2D eigenvalue weighted by molar-refractivity contribution is 7.89. The lowest BCUT2D eigenvalue weighted by Crippen LogP contribution is -2.40. The van der Waals surface area contributed by atoms with Crippen LogP contribution < -0.4 is 0 Å². The molecule has 1 saturated heterocycles. The molecule has 2 N–H and O–H groups in total. The molecule has 1 atom stereocenters. The molecule has 8 heteroatoms. The zero-order valence-corrected chi connectivity index (χ0v) is 13.7. The summed E-state index contributed by atoms with van der Waals surface area (Å²) in [6.45, 7) is 2.56. The largest absolute Gasteiger partial charge is 0.393 e. The average molecular weight is 344 g/mol. The van der Waals surface area contributed by atoms with Crippen LogP contribution in [-0.2, 0) is 10.0 Å². The number of rotatable bonds is 3. The summed E-state index contributed by atoms with van der Waals surface area (Å²) in [5.41, 5.74) is 0.463. The van der Waals surface area contributed by atoms with Gasteiger partial charge in [-0.3, -0.25) is 0 Å². The number of hydrogen-bond donors (Lipinski definition) is 2. The number of fused-ring (bicyclic) bond motifs is 1. The second-order valence-corrected chi connectivity index (χ2v) is 7.96. The van der Waals surface area contributed by atoms with E-state index in [1.165, 1.54) is 16.7 Å². The number of piperidine rings is 1. The summed E-state index contributed by atoms with van der Waals surface area (Å²) >= 11 is 6.14. The summed E-state index contributed by atoms with van der Waals surface area (Å²) in [5, 5.41) is 10.4. The van der Waals surface area contributed by atoms with E-state index in [0.717, 1.165) is 0 Å². The summed E-state index contributed by atoms with van der Waals surface area (Å²) in [6.07, 6.45) is 3.89. The maximum atomic E-state index is 12.8. The molecular weight excluding hydrogens is 326 g/mol. The molecule has 6 nitrogen and oxygen atoms in total. The Morgan fingerprint density at radius 2 is 2.14 bits per heavy atom. The van der Waals surface area contributed by atoms with Gasteiger partial charge in [-0.2, -0.15) is 4.31 Å². The van der Waals surface area contributed by atoms with Crippen LogP contribution in [0, 0.1) is 5.92 Å². The fourth-order valence-electron chi connectivity index (χ4n) is 2.93. The van der Waals surface area contributed by atoms with Crippen molar-refractivity contribution in [1.29, 1.82) is 0 Å². The Labute approximate surface area is 134 Å². The normalized spacial score (nSPS) is 19.6. The van der Waals surface area contributed by atoms with Gasteiger partial charge in [0.1, 0.15) is 10.5 Å². The zero-order valence-electron chi connectivity index (χ0n) is 12.2. The lowest BCUT2D eigenvalue weighted by molar-refractivity contribution is 0.0912. The lowest BCUT2D eigenvalue weighted by Gasteiger charge is -2.32. The minimum atomic E-state index is -3.62. The topological polar surface area (TPSA) is 86.3 Å². The molecule has 2 aromatic rings. The van der Waals surface area contributed by atoms with Gasteiger partial charge in [-0.25, -0.2) is 13.4 Å². The van der Waals surface area contributed by atoms with E-state index in [4.69, 9.17) is 11.6 Å². The van der Waals surface area contributed by atoms with Crippen molar-refractivity contribution in [3.8, 4) is 0 Å². The number of aliphatic hydroxyl groups excluding tert-OH is 1. The van der Waals surface area contributed by atoms with Crippen LogP contribution in [0.2, 0.25) is 5.02 Å². The van der Waals surface area contributed by atoms with E-state index in [2.05, 4.69) is 9.97 Å². The first kappa shape index (κ1) is 15.7. The molecule has 0 amide bonds. The van der Waals surface area contributed by atoms with Crippen LogP contribution in [0.1, 0.15) is 19.8 Å². The first-order chi connectivity index (χ1) is 10.4. The van der Waals surface area contributed by atoms with Gasteiger partial charge in [-0.1, -0.05) is 11.6 Å². The summed E-state index contributed by atoms with van der Waals surface area (Å²) in [6, 6.07) is 1.58. The lowest BCUT2D eigenvalue weighted by atomic mass is 9.93. The van der Waals surface area contributed by atoms with Crippen LogP contribution in [0.25, 0.3) is 11.0 Å². The van der Waals surface area contributed by atoms with Crippen LogP contribution in [0.3, 0.4) is 0 Å². The van der Waals surface area contributed by atoms with E-state index in [0.29, 0.717) is 42.0 Å². The van der Waals surface area contributed by atoms with Crippen molar-refractivity contribution >= 4 is 32.7 Å². The Hall–Kier alpha value is -1.15. The Bertz CT molecular complexity index is 780. The second kappa shape index (κ2) is 5.81. The van der Waals surface area contributed by atoms with Crippen molar-refractivity contribution in [2.24, 2.45) is 5.92 Å². The van der Waals surface area contributed by atoms with E-state index >= 15 is 0 Å². The van der Waals surface area contributed by atoms with Gasteiger partial charge in [-0.15, -0.1) is 0 Å². The zero-order chi connectivity index (χ0) is 15.9. The summed E-state index contributed by atoms with van der Waals surface area (Å²) in [5.74, 6) is 0.152. The number of aliphatic hydroxyl groups is 1. The first-order valence-electron chi connectivity index (χ1n) is 7.21. The van der Waals surface area contributed by atoms with Gasteiger partial charge in [0.2, 0.25) is 10.0 Å². The van der Waals surface area contributed by atoms with Gasteiger partial charge in [0.15, 0.2) is 0 Å². The molecule has 1 aliphatic heterocycles. The van der Waals surface area contributed by atoms with Crippen LogP contribution in [0.4, 0.5) is 0 Å². The number of halogens is 1. The Morgan fingerprint density at radius 3 is 2.77 bits per heavy atom. The summed E-state index contributed by atoms with van der Waals surface area (Å²) in [7, 11) is -3.62. The molecule has 1 fully saturated rings. The third-order valence-electron chi connectivity index (χ3n) is 4.29. The monoisotopic (exact) mass is 343 g/mol. The van der Waals surface area contributed by atoms with Crippen LogP contribution in [0.15, 0.2) is 23.4 Å². The number of sulfonamides is 1. The fourth-order valence-corrected chi connectivity index (χ4v) is 4.88. The van der Waals surface area contributed by atoms with Gasteiger partial charge in [0, 0.05) is 25.5 Å². The molecule has 1 unspecified atom stereocenters. The molecule has 1 aliphatic rings. The minimum Gasteiger partial charge on any atom is -0.393 e. The molecule has 3 heterocycles. The highest BCUT2D eigenvalue weighted by Crippen LogP contribution is 2.32. The third kappa shape index (κ3) is 2.62. The van der Waals surface area contributed by atoms with Gasteiger partial charge in [0.25, 0.3) is 0 Å². The maximum absolute atomic E-state index is 12.8. The molecule has 0 saturated carbocycles. The van der Waals surface area contributed by atoms with Crippen molar-refractivity contribution in [2.75, 3.05) is 13.1 Å². The molecule has 0 bridgehead atoms. The van der Waals surface area contributed by atoms with Gasteiger partial charge in [-0.05, 0) is 31.7 Å². The Morgan fingerprint density at radius 1 is 1.45 bits per heavy atom. The van der Waals surface area contributed by atoms with Crippen molar-refractivity contribution in [1.82, 2.24) is 14.3 Å². The van der Waals surface area contributed by atoms with Crippen LogP contribution in [-0.4, -0.2) is 47.0 Å². The van der Waals surface area contributed by atoms with Crippen molar-refractivity contribution in [3.05, 3.63) is 23.5 Å². The molecular formula is C14H18ClN3O3S. The smallest absolute Gasteiger partial charge is 0.245 e. The quantitative estimate of drug-likeness (QED) is 0.892. The van der Waals surface area contributed by atoms with Crippen molar-refractivity contribution < 1.29 is 13.5 Å². The predicted molar refractivity (Wildman–Crippen MR) is 84.3 cm³/mol. The standard InChI is InChI=1S/C14H18ClN3O3S/c1-9(19)10-3-6-18(7-4-10)22(20,21)12-8-17-14-13(12)11(15)2-5-16-14/h2,5,8-10,19H,3-4,6-7H2,1H3,(H,16,17). The number of aromatic nitrogens is 2. The fraction of sp³-hybridized carbons (Fsp3) is 0.500. The van der Waals surface area contributed by atoms with E-state index in [-0.39, 0.29) is 10.8 Å². The molecule has 0 spiro atoms. The van der Waals surface area contributed by atoms with E-state index in [1.54, 1.807) is 13.0 Å². The number of H-pyrrole nitrogens is 1. The SMILES string of the molecule is CC(O)C1CCN(S(=O)(=O)c2c[nH]c3nccc(Cl)c23)CC1. The molecule has 2 aromatic heterocycles. The molecule has 22 heavy (non-hydrogen) atoms. The molecule has 0 aliphatic carbocycles. The maximum Gasteiger partial charge on any atom is 0.245 e. The highest BCUT2D eigenvalue weighted by atomic mass is 35.5. The summed E-state index contributed by atoms with van der Waals surface area (Å²) < 4.78 is 27.2.